The van der Waals surface area contributed by atoms with Crippen molar-refractivity contribution in [3.8, 4) is 0 Å². The third-order valence-electron chi connectivity index (χ3n) is 2.16. The quantitative estimate of drug-likeness (QED) is 0.765. The summed E-state index contributed by atoms with van der Waals surface area (Å²) in [6, 6.07) is 5.51. The molecule has 0 amide bonds. The highest BCUT2D eigenvalue weighted by molar-refractivity contribution is 7.99. The van der Waals surface area contributed by atoms with E-state index in [2.05, 4.69) is 15.2 Å². The van der Waals surface area contributed by atoms with E-state index >= 15 is 0 Å². The van der Waals surface area contributed by atoms with Gasteiger partial charge in [-0.1, -0.05) is 6.07 Å². The highest BCUT2D eigenvalue weighted by Gasteiger charge is 2.14. The predicted molar refractivity (Wildman–Crippen MR) is 60.6 cm³/mol. The zero-order chi connectivity index (χ0) is 12.5. The van der Waals surface area contributed by atoms with Crippen LogP contribution in [0.4, 0.5) is 0 Å². The molecule has 0 aliphatic carbocycles. The molecule has 3 heterocycles. The van der Waals surface area contributed by atoms with Gasteiger partial charge in [-0.25, -0.2) is 4.79 Å². The average Bonchev–Trinajstić information content (AvgIpc) is 2.98. The molecule has 3 rings (SSSR count). The van der Waals surface area contributed by atoms with Crippen molar-refractivity contribution < 1.29 is 14.3 Å². The first-order chi connectivity index (χ1) is 8.74. The van der Waals surface area contributed by atoms with Crippen LogP contribution in [0.25, 0.3) is 5.65 Å². The van der Waals surface area contributed by atoms with E-state index < -0.39 is 5.97 Å². The fourth-order valence-electron chi connectivity index (χ4n) is 1.37. The van der Waals surface area contributed by atoms with Crippen LogP contribution in [-0.4, -0.2) is 30.7 Å². The molecule has 0 saturated heterocycles. The van der Waals surface area contributed by atoms with Gasteiger partial charge in [-0.2, -0.15) is 4.98 Å². The first-order valence-electron chi connectivity index (χ1n) is 4.90. The highest BCUT2D eigenvalue weighted by atomic mass is 32.2. The number of carboxylic acid groups (broad SMARTS) is 1. The van der Waals surface area contributed by atoms with Crippen molar-refractivity contribution in [2.24, 2.45) is 0 Å². The van der Waals surface area contributed by atoms with Crippen molar-refractivity contribution in [1.29, 1.82) is 0 Å². The largest absolute Gasteiger partial charge is 0.476 e. The number of hydrogen-bond acceptors (Lipinski definition) is 6. The maximum atomic E-state index is 10.7. The third kappa shape index (κ3) is 1.82. The van der Waals surface area contributed by atoms with Crippen LogP contribution in [0.1, 0.15) is 10.5 Å². The first kappa shape index (κ1) is 10.8. The molecule has 0 radical (unpaired) electrons. The molecular weight excluding hydrogens is 256 g/mol. The van der Waals surface area contributed by atoms with Crippen molar-refractivity contribution in [2.45, 2.75) is 10.4 Å². The lowest BCUT2D eigenvalue weighted by molar-refractivity contribution is 0.0690. The summed E-state index contributed by atoms with van der Waals surface area (Å²) in [4.78, 5) is 14.5. The van der Waals surface area contributed by atoms with Crippen molar-refractivity contribution in [2.75, 3.05) is 0 Å². The van der Waals surface area contributed by atoms with Crippen LogP contribution in [-0.2, 0) is 0 Å². The lowest BCUT2D eigenvalue weighted by Gasteiger charge is -1.94. The van der Waals surface area contributed by atoms with E-state index in [1.165, 1.54) is 0 Å². The molecule has 3 aromatic heterocycles. The maximum absolute atomic E-state index is 10.7. The van der Waals surface area contributed by atoms with Crippen molar-refractivity contribution >= 4 is 23.4 Å². The molecule has 0 aromatic carbocycles. The highest BCUT2D eigenvalue weighted by Crippen LogP contribution is 2.25. The molecule has 8 heteroatoms. The van der Waals surface area contributed by atoms with Crippen LogP contribution < -0.4 is 0 Å². The summed E-state index contributed by atoms with van der Waals surface area (Å²) in [7, 11) is 0. The van der Waals surface area contributed by atoms with E-state index in [1.807, 2.05) is 18.2 Å². The molecular formula is C10H6N4O3S. The monoisotopic (exact) mass is 262 g/mol. The van der Waals surface area contributed by atoms with Gasteiger partial charge in [0.1, 0.15) is 6.26 Å². The van der Waals surface area contributed by atoms with E-state index in [-0.39, 0.29) is 10.9 Å². The predicted octanol–water partition coefficient (Wildman–Crippen LogP) is 1.57. The third-order valence-corrected chi connectivity index (χ3v) is 2.99. The molecule has 0 unspecified atom stereocenters. The molecule has 0 aliphatic rings. The van der Waals surface area contributed by atoms with Crippen LogP contribution in [0.3, 0.4) is 0 Å². The second-order valence-electron chi connectivity index (χ2n) is 3.32. The minimum absolute atomic E-state index is 0.133. The number of carboxylic acids is 1. The topological polar surface area (TPSA) is 93.5 Å². The van der Waals surface area contributed by atoms with Crippen LogP contribution in [0.2, 0.25) is 0 Å². The van der Waals surface area contributed by atoms with Crippen molar-refractivity contribution in [1.82, 2.24) is 19.6 Å². The van der Waals surface area contributed by atoms with Crippen LogP contribution >= 0.6 is 11.8 Å². The summed E-state index contributed by atoms with van der Waals surface area (Å²) >= 11 is 1.11. The smallest absolute Gasteiger partial charge is 0.357 e. The Balaban J connectivity index is 1.93. The zero-order valence-corrected chi connectivity index (χ0v) is 9.66. The summed E-state index contributed by atoms with van der Waals surface area (Å²) in [5, 5.41) is 17.4. The number of aromatic nitrogens is 4. The Kier molecular flexibility index (Phi) is 2.49. The molecule has 0 aliphatic heterocycles. The first-order valence-corrected chi connectivity index (χ1v) is 5.72. The Morgan fingerprint density at radius 3 is 3.06 bits per heavy atom. The fraction of sp³-hybridized carbons (Fsp3) is 0. The van der Waals surface area contributed by atoms with Crippen LogP contribution in [0.5, 0.6) is 0 Å². The number of pyridine rings is 1. The Hall–Kier alpha value is -2.35. The molecule has 0 spiro atoms. The number of hydrogen-bond donors (Lipinski definition) is 1. The Bertz CT molecular complexity index is 721. The van der Waals surface area contributed by atoms with E-state index in [0.717, 1.165) is 18.0 Å². The molecule has 90 valence electrons. The zero-order valence-electron chi connectivity index (χ0n) is 8.85. The van der Waals surface area contributed by atoms with Gasteiger partial charge in [0.05, 0.1) is 0 Å². The Morgan fingerprint density at radius 1 is 1.39 bits per heavy atom. The van der Waals surface area contributed by atoms with E-state index in [1.54, 1.807) is 10.6 Å². The lowest BCUT2D eigenvalue weighted by Crippen LogP contribution is -1.95. The van der Waals surface area contributed by atoms with Crippen LogP contribution in [0.15, 0.2) is 45.5 Å². The van der Waals surface area contributed by atoms with Crippen molar-refractivity contribution in [3.63, 3.8) is 0 Å². The lowest BCUT2D eigenvalue weighted by atomic mass is 10.5. The van der Waals surface area contributed by atoms with Gasteiger partial charge in [0.15, 0.2) is 11.3 Å². The van der Waals surface area contributed by atoms with Crippen LogP contribution in [0, 0.1) is 0 Å². The number of aromatic carboxylic acids is 1. The normalized spacial score (nSPS) is 10.9. The van der Waals surface area contributed by atoms with Gasteiger partial charge in [0.25, 0.3) is 5.22 Å². The SMILES string of the molecule is O=C(O)c1coc(Sc2nnc3ccccn23)n1. The summed E-state index contributed by atoms with van der Waals surface area (Å²) in [5.41, 5.74) is 0.566. The van der Waals surface area contributed by atoms with E-state index in [9.17, 15) is 4.79 Å². The molecule has 3 aromatic rings. The Morgan fingerprint density at radius 2 is 2.28 bits per heavy atom. The van der Waals surface area contributed by atoms with Gasteiger partial charge in [0.2, 0.25) is 5.16 Å². The average molecular weight is 262 g/mol. The molecule has 0 saturated carbocycles. The molecule has 18 heavy (non-hydrogen) atoms. The Labute approximate surface area is 104 Å². The molecule has 7 nitrogen and oxygen atoms in total. The number of carbonyl (C=O) groups is 1. The second kappa shape index (κ2) is 4.15. The summed E-state index contributed by atoms with van der Waals surface area (Å²) in [5.74, 6) is -1.13. The fourth-order valence-corrected chi connectivity index (χ4v) is 2.10. The molecule has 0 bridgehead atoms. The van der Waals surface area contributed by atoms with Gasteiger partial charge in [0, 0.05) is 18.0 Å². The number of rotatable bonds is 3. The number of nitrogens with zero attached hydrogens (tertiary/aromatic N) is 4. The number of oxazole rings is 1. The summed E-state index contributed by atoms with van der Waals surface area (Å²) < 4.78 is 6.80. The standard InChI is InChI=1S/C10H6N4O3S/c15-8(16)6-5-17-10(11-6)18-9-13-12-7-3-1-2-4-14(7)9/h1-5H,(H,15,16). The van der Waals surface area contributed by atoms with Gasteiger partial charge in [-0.3, -0.25) is 4.40 Å². The minimum Gasteiger partial charge on any atom is -0.476 e. The van der Waals surface area contributed by atoms with Gasteiger partial charge < -0.3 is 9.52 Å². The maximum Gasteiger partial charge on any atom is 0.357 e. The van der Waals surface area contributed by atoms with Crippen molar-refractivity contribution in [3.05, 3.63) is 36.4 Å². The molecule has 1 N–H and O–H groups in total. The van der Waals surface area contributed by atoms with E-state index in [4.69, 9.17) is 9.52 Å². The van der Waals surface area contributed by atoms with Gasteiger partial charge >= 0.3 is 5.97 Å². The second-order valence-corrected chi connectivity index (χ2v) is 4.24. The molecule has 0 atom stereocenters. The summed E-state index contributed by atoms with van der Waals surface area (Å²) in [6.45, 7) is 0. The van der Waals surface area contributed by atoms with E-state index in [0.29, 0.717) is 10.8 Å². The molecule has 0 fully saturated rings. The van der Waals surface area contributed by atoms with Gasteiger partial charge in [-0.15, -0.1) is 10.2 Å². The number of fused-ring (bicyclic) bond motifs is 1. The van der Waals surface area contributed by atoms with Gasteiger partial charge in [-0.05, 0) is 12.1 Å². The minimum atomic E-state index is -1.13. The summed E-state index contributed by atoms with van der Waals surface area (Å²) in [6.07, 6.45) is 2.90.